The first-order chi connectivity index (χ1) is 17.9. The number of methoxy groups -OCH3 is 1. The van der Waals surface area contributed by atoms with Gasteiger partial charge in [0.05, 0.1) is 30.2 Å². The van der Waals surface area contributed by atoms with Gasteiger partial charge in [0, 0.05) is 45.0 Å². The van der Waals surface area contributed by atoms with Crippen molar-refractivity contribution in [3.8, 4) is 5.75 Å². The van der Waals surface area contributed by atoms with E-state index in [1.165, 1.54) is 12.3 Å². The summed E-state index contributed by atoms with van der Waals surface area (Å²) in [7, 11) is 3.16. The first-order valence-electron chi connectivity index (χ1n) is 11.7. The molecule has 2 amide bonds. The summed E-state index contributed by atoms with van der Waals surface area (Å²) in [4.78, 5) is 36.8. The van der Waals surface area contributed by atoms with Crippen LogP contribution in [-0.2, 0) is 4.79 Å². The number of nitrogens with zero attached hydrogens (tertiary/aromatic N) is 4. The lowest BCUT2D eigenvalue weighted by Crippen LogP contribution is -2.48. The highest BCUT2D eigenvalue weighted by molar-refractivity contribution is 6.33. The number of anilines is 5. The van der Waals surface area contributed by atoms with Gasteiger partial charge in [-0.2, -0.15) is 4.98 Å². The Bertz CT molecular complexity index is 1310. The highest BCUT2D eigenvalue weighted by Gasteiger charge is 2.21. The van der Waals surface area contributed by atoms with E-state index in [-0.39, 0.29) is 11.8 Å². The van der Waals surface area contributed by atoms with Gasteiger partial charge in [-0.1, -0.05) is 30.3 Å². The minimum Gasteiger partial charge on any atom is -0.494 e. The van der Waals surface area contributed by atoms with Crippen LogP contribution in [0.1, 0.15) is 10.4 Å². The monoisotopic (exact) mass is 521 g/mol. The number of ether oxygens (including phenoxy) is 1. The second kappa shape index (κ2) is 11.6. The van der Waals surface area contributed by atoms with Gasteiger partial charge in [0.15, 0.2) is 5.82 Å². The number of aromatic nitrogens is 2. The fourth-order valence-electron chi connectivity index (χ4n) is 3.98. The smallest absolute Gasteiger partial charge is 0.253 e. The minimum atomic E-state index is -0.231. The van der Waals surface area contributed by atoms with E-state index in [9.17, 15) is 9.59 Å². The number of para-hydroxylation sites is 1. The summed E-state index contributed by atoms with van der Waals surface area (Å²) >= 11 is 6.34. The summed E-state index contributed by atoms with van der Waals surface area (Å²) in [6.07, 6.45) is 2.83. The molecule has 0 aliphatic carbocycles. The van der Waals surface area contributed by atoms with E-state index in [1.54, 1.807) is 37.3 Å². The number of halogens is 1. The van der Waals surface area contributed by atoms with Crippen LogP contribution in [0.4, 0.5) is 28.8 Å². The third-order valence-corrected chi connectivity index (χ3v) is 6.24. The molecule has 2 heterocycles. The molecule has 1 fully saturated rings. The first kappa shape index (κ1) is 25.8. The molecule has 3 N–H and O–H groups in total. The molecular weight excluding hydrogens is 494 g/mol. The topological polar surface area (TPSA) is 112 Å². The molecule has 192 valence electrons. The van der Waals surface area contributed by atoms with Crippen molar-refractivity contribution in [1.29, 1.82) is 0 Å². The Morgan fingerprint density at radius 3 is 2.54 bits per heavy atom. The largest absolute Gasteiger partial charge is 0.494 e. The van der Waals surface area contributed by atoms with Crippen LogP contribution in [0.3, 0.4) is 0 Å². The van der Waals surface area contributed by atoms with Crippen LogP contribution in [0.5, 0.6) is 5.75 Å². The molecule has 2 aromatic carbocycles. The molecule has 11 heteroatoms. The van der Waals surface area contributed by atoms with Crippen LogP contribution in [0.25, 0.3) is 0 Å². The molecule has 4 rings (SSSR count). The zero-order valence-corrected chi connectivity index (χ0v) is 21.4. The van der Waals surface area contributed by atoms with E-state index in [4.69, 9.17) is 16.3 Å². The predicted octanol–water partition coefficient (Wildman–Crippen LogP) is 3.82. The highest BCUT2D eigenvalue weighted by atomic mass is 35.5. The highest BCUT2D eigenvalue weighted by Crippen LogP contribution is 2.33. The lowest BCUT2D eigenvalue weighted by molar-refractivity contribution is -0.126. The summed E-state index contributed by atoms with van der Waals surface area (Å²) in [5.41, 5.74) is 2.68. The van der Waals surface area contributed by atoms with E-state index in [0.29, 0.717) is 65.7 Å². The Kier molecular flexibility index (Phi) is 8.09. The molecule has 0 saturated carbocycles. The lowest BCUT2D eigenvalue weighted by atomic mass is 10.1. The van der Waals surface area contributed by atoms with Gasteiger partial charge in [-0.3, -0.25) is 9.59 Å². The third-order valence-electron chi connectivity index (χ3n) is 5.96. The molecule has 1 saturated heterocycles. The second-order valence-electron chi connectivity index (χ2n) is 8.17. The van der Waals surface area contributed by atoms with E-state index < -0.39 is 0 Å². The molecule has 1 aliphatic heterocycles. The van der Waals surface area contributed by atoms with Gasteiger partial charge < -0.3 is 30.5 Å². The van der Waals surface area contributed by atoms with E-state index in [1.807, 2.05) is 24.3 Å². The van der Waals surface area contributed by atoms with Crippen LogP contribution in [0.2, 0.25) is 5.02 Å². The molecule has 3 aromatic rings. The molecule has 0 spiro atoms. The molecule has 0 bridgehead atoms. The Labute approximate surface area is 220 Å². The number of amides is 2. The maximum Gasteiger partial charge on any atom is 0.253 e. The lowest BCUT2D eigenvalue weighted by Gasteiger charge is -2.35. The van der Waals surface area contributed by atoms with Crippen molar-refractivity contribution >= 4 is 52.2 Å². The zero-order valence-electron chi connectivity index (χ0n) is 20.6. The molecule has 0 unspecified atom stereocenters. The number of nitrogens with one attached hydrogen (secondary N) is 3. The Morgan fingerprint density at radius 2 is 1.84 bits per heavy atom. The van der Waals surface area contributed by atoms with Crippen molar-refractivity contribution in [3.63, 3.8) is 0 Å². The van der Waals surface area contributed by atoms with Crippen LogP contribution >= 0.6 is 11.6 Å². The summed E-state index contributed by atoms with van der Waals surface area (Å²) < 4.78 is 5.62. The summed E-state index contributed by atoms with van der Waals surface area (Å²) in [5.74, 6) is 0.973. The number of hydrogen-bond donors (Lipinski definition) is 3. The Balaban J connectivity index is 1.51. The summed E-state index contributed by atoms with van der Waals surface area (Å²) in [6.45, 7) is 6.24. The minimum absolute atomic E-state index is 0.0503. The van der Waals surface area contributed by atoms with Crippen LogP contribution in [0.15, 0.2) is 61.3 Å². The van der Waals surface area contributed by atoms with Crippen molar-refractivity contribution in [2.24, 2.45) is 0 Å². The number of carbonyl (C=O) groups is 2. The SMILES string of the molecule is C=CC(=O)N1CCN(c2ccc(Nc3ncc(Cl)c(Nc4ccccc4C(=O)NC)n3)c(OC)c2)CC1. The summed E-state index contributed by atoms with van der Waals surface area (Å²) in [5, 5.41) is 9.22. The number of hydrogen-bond acceptors (Lipinski definition) is 8. The molecule has 1 aromatic heterocycles. The Morgan fingerprint density at radius 1 is 1.08 bits per heavy atom. The number of benzene rings is 2. The van der Waals surface area contributed by atoms with Gasteiger partial charge in [-0.05, 0) is 30.3 Å². The second-order valence-corrected chi connectivity index (χ2v) is 8.57. The molecule has 0 atom stereocenters. The van der Waals surface area contributed by atoms with Gasteiger partial charge in [0.25, 0.3) is 5.91 Å². The van der Waals surface area contributed by atoms with E-state index in [2.05, 4.69) is 37.4 Å². The molecule has 0 radical (unpaired) electrons. The quantitative estimate of drug-likeness (QED) is 0.384. The van der Waals surface area contributed by atoms with Gasteiger partial charge in [0.1, 0.15) is 10.8 Å². The van der Waals surface area contributed by atoms with Crippen LogP contribution in [0, 0.1) is 0 Å². The summed E-state index contributed by atoms with van der Waals surface area (Å²) in [6, 6.07) is 12.9. The van der Waals surface area contributed by atoms with Gasteiger partial charge in [-0.25, -0.2) is 4.98 Å². The van der Waals surface area contributed by atoms with Gasteiger partial charge in [0.2, 0.25) is 11.9 Å². The van der Waals surface area contributed by atoms with Gasteiger partial charge >= 0.3 is 0 Å². The maximum atomic E-state index is 12.2. The number of piperazine rings is 1. The van der Waals surface area contributed by atoms with Crippen LogP contribution < -0.4 is 25.6 Å². The normalized spacial score (nSPS) is 13.1. The molecular formula is C26H28ClN7O3. The zero-order chi connectivity index (χ0) is 26.4. The predicted molar refractivity (Wildman–Crippen MR) is 145 cm³/mol. The van der Waals surface area contributed by atoms with Crippen molar-refractivity contribution in [1.82, 2.24) is 20.2 Å². The fourth-order valence-corrected chi connectivity index (χ4v) is 4.12. The van der Waals surface area contributed by atoms with Crippen molar-refractivity contribution in [2.45, 2.75) is 0 Å². The number of rotatable bonds is 8. The Hall–Kier alpha value is -4.31. The first-order valence-corrected chi connectivity index (χ1v) is 12.0. The standard InChI is InChI=1S/C26H28ClN7O3/c1-4-23(35)34-13-11-33(12-14-34)17-9-10-21(22(15-17)37-3)31-26-29-16-19(27)24(32-26)30-20-8-6-5-7-18(20)25(36)28-2/h4-10,15-16H,1,11-14H2,2-3H3,(H,28,36)(H2,29,30,31,32). The van der Waals surface area contributed by atoms with E-state index >= 15 is 0 Å². The maximum absolute atomic E-state index is 12.2. The van der Waals surface area contributed by atoms with E-state index in [0.717, 1.165) is 5.69 Å². The van der Waals surface area contributed by atoms with Crippen molar-refractivity contribution in [3.05, 3.63) is 71.9 Å². The average Bonchev–Trinajstić information content (AvgIpc) is 2.94. The third kappa shape index (κ3) is 5.92. The van der Waals surface area contributed by atoms with Gasteiger partial charge in [-0.15, -0.1) is 0 Å². The molecule has 1 aliphatic rings. The molecule has 10 nitrogen and oxygen atoms in total. The fraction of sp³-hybridized carbons (Fsp3) is 0.231. The average molecular weight is 522 g/mol. The van der Waals surface area contributed by atoms with Crippen LogP contribution in [-0.4, -0.2) is 67.0 Å². The number of carbonyl (C=O) groups excluding carboxylic acids is 2. The van der Waals surface area contributed by atoms with Crippen molar-refractivity contribution in [2.75, 3.05) is 55.9 Å². The van der Waals surface area contributed by atoms with Crippen molar-refractivity contribution < 1.29 is 14.3 Å². The molecule has 37 heavy (non-hydrogen) atoms.